The van der Waals surface area contributed by atoms with Crippen molar-refractivity contribution in [1.29, 1.82) is 0 Å². The lowest BCUT2D eigenvalue weighted by Gasteiger charge is -2.32. The molecular formula is C25H29NO4. The third-order valence-electron chi connectivity index (χ3n) is 6.67. The summed E-state index contributed by atoms with van der Waals surface area (Å²) in [5, 5.41) is 12.2. The van der Waals surface area contributed by atoms with Crippen molar-refractivity contribution in [3.8, 4) is 11.1 Å². The van der Waals surface area contributed by atoms with Crippen LogP contribution >= 0.6 is 0 Å². The molecule has 158 valence electrons. The predicted molar refractivity (Wildman–Crippen MR) is 115 cm³/mol. The molecule has 1 fully saturated rings. The highest BCUT2D eigenvalue weighted by molar-refractivity contribution is 5.79. The number of rotatable bonds is 6. The molecule has 0 spiro atoms. The Kier molecular flexibility index (Phi) is 6.07. The smallest absolute Gasteiger partial charge is 0.407 e. The van der Waals surface area contributed by atoms with E-state index >= 15 is 0 Å². The van der Waals surface area contributed by atoms with Gasteiger partial charge in [-0.1, -0.05) is 68.3 Å². The van der Waals surface area contributed by atoms with E-state index in [1.54, 1.807) is 0 Å². The highest BCUT2D eigenvalue weighted by Crippen LogP contribution is 2.44. The van der Waals surface area contributed by atoms with E-state index in [9.17, 15) is 14.7 Å². The van der Waals surface area contributed by atoms with Gasteiger partial charge in [-0.3, -0.25) is 4.79 Å². The number of carbonyl (C=O) groups excluding carboxylic acids is 1. The minimum absolute atomic E-state index is 0.00314. The molecule has 0 heterocycles. The van der Waals surface area contributed by atoms with Crippen molar-refractivity contribution in [3.63, 3.8) is 0 Å². The van der Waals surface area contributed by atoms with Crippen molar-refractivity contribution in [1.82, 2.24) is 5.32 Å². The minimum atomic E-state index is -0.891. The first-order valence-corrected chi connectivity index (χ1v) is 10.9. The average Bonchev–Trinajstić information content (AvgIpc) is 3.06. The lowest BCUT2D eigenvalue weighted by atomic mass is 9.78. The van der Waals surface area contributed by atoms with Crippen molar-refractivity contribution in [2.75, 3.05) is 6.61 Å². The number of hydrogen-bond acceptors (Lipinski definition) is 3. The second kappa shape index (κ2) is 8.90. The maximum absolute atomic E-state index is 12.6. The number of amides is 1. The summed E-state index contributed by atoms with van der Waals surface area (Å²) >= 11 is 0. The third kappa shape index (κ3) is 4.35. The Balaban J connectivity index is 1.42. The number of carboxylic acid groups (broad SMARTS) is 1. The molecule has 2 aromatic carbocycles. The first-order valence-electron chi connectivity index (χ1n) is 10.9. The molecule has 4 rings (SSSR count). The minimum Gasteiger partial charge on any atom is -0.481 e. The Hall–Kier alpha value is -2.82. The highest BCUT2D eigenvalue weighted by Gasteiger charge is 2.31. The molecule has 2 aliphatic rings. The molecule has 1 amide bonds. The normalized spacial score (nSPS) is 21.4. The summed E-state index contributed by atoms with van der Waals surface area (Å²) in [5.74, 6) is -0.0341. The fourth-order valence-corrected chi connectivity index (χ4v) is 5.00. The zero-order chi connectivity index (χ0) is 21.1. The Bertz CT molecular complexity index is 871. The van der Waals surface area contributed by atoms with E-state index in [0.29, 0.717) is 5.92 Å². The van der Waals surface area contributed by atoms with Gasteiger partial charge in [0.15, 0.2) is 0 Å². The third-order valence-corrected chi connectivity index (χ3v) is 6.67. The van der Waals surface area contributed by atoms with Crippen LogP contribution in [0.15, 0.2) is 48.5 Å². The van der Waals surface area contributed by atoms with Crippen LogP contribution in [0, 0.1) is 11.8 Å². The molecule has 2 aromatic rings. The zero-order valence-corrected chi connectivity index (χ0v) is 17.3. The number of nitrogens with one attached hydrogen (secondary N) is 1. The summed E-state index contributed by atoms with van der Waals surface area (Å²) in [7, 11) is 0. The van der Waals surface area contributed by atoms with Gasteiger partial charge in [-0.25, -0.2) is 4.79 Å². The monoisotopic (exact) mass is 407 g/mol. The fraction of sp³-hybridized carbons (Fsp3) is 0.440. The van der Waals surface area contributed by atoms with E-state index in [1.807, 2.05) is 24.3 Å². The van der Waals surface area contributed by atoms with Gasteiger partial charge >= 0.3 is 12.1 Å². The first kappa shape index (κ1) is 20.5. The SMILES string of the molecule is CC1CCC([C@H](CC(=O)O)NC(=O)OCC2c3ccccc3-c3ccccc32)CC1. The van der Waals surface area contributed by atoms with Gasteiger partial charge in [0.25, 0.3) is 0 Å². The molecule has 5 nitrogen and oxygen atoms in total. The molecule has 5 heteroatoms. The largest absolute Gasteiger partial charge is 0.481 e. The van der Waals surface area contributed by atoms with Crippen molar-refractivity contribution in [3.05, 3.63) is 59.7 Å². The number of fused-ring (bicyclic) bond motifs is 3. The molecule has 0 radical (unpaired) electrons. The molecule has 30 heavy (non-hydrogen) atoms. The second-order valence-electron chi connectivity index (χ2n) is 8.69. The van der Waals surface area contributed by atoms with Gasteiger partial charge in [0.1, 0.15) is 6.61 Å². The Morgan fingerprint density at radius 3 is 2.13 bits per heavy atom. The average molecular weight is 408 g/mol. The van der Waals surface area contributed by atoms with E-state index in [0.717, 1.165) is 36.8 Å². The summed E-state index contributed by atoms with van der Waals surface area (Å²) in [6, 6.07) is 16.0. The molecular weight excluding hydrogens is 378 g/mol. The van der Waals surface area contributed by atoms with Crippen LogP contribution in [0.1, 0.15) is 56.1 Å². The van der Waals surface area contributed by atoms with Crippen LogP contribution in [0.3, 0.4) is 0 Å². The van der Waals surface area contributed by atoms with Crippen molar-refractivity contribution in [2.24, 2.45) is 11.8 Å². The van der Waals surface area contributed by atoms with Crippen molar-refractivity contribution < 1.29 is 19.4 Å². The van der Waals surface area contributed by atoms with Gasteiger partial charge in [-0.15, -0.1) is 0 Å². The standard InChI is InChI=1S/C25H29NO4/c1-16-10-12-17(13-11-16)23(14-24(27)28)26-25(29)30-15-22-20-8-4-2-6-18(20)19-7-3-5-9-21(19)22/h2-9,16-17,22-23H,10-15H2,1H3,(H,26,29)(H,27,28)/t16?,17?,23-/m0/s1. The Morgan fingerprint density at radius 2 is 1.57 bits per heavy atom. The van der Waals surface area contributed by atoms with Gasteiger partial charge in [-0.05, 0) is 46.9 Å². The molecule has 2 N–H and O–H groups in total. The van der Waals surface area contributed by atoms with Gasteiger partial charge in [0.2, 0.25) is 0 Å². The predicted octanol–water partition coefficient (Wildman–Crippen LogP) is 5.19. The number of aliphatic carboxylic acids is 1. The van der Waals surface area contributed by atoms with Gasteiger partial charge in [0.05, 0.1) is 6.42 Å². The maximum atomic E-state index is 12.6. The lowest BCUT2D eigenvalue weighted by molar-refractivity contribution is -0.137. The topological polar surface area (TPSA) is 75.6 Å². The fourth-order valence-electron chi connectivity index (χ4n) is 5.00. The van der Waals surface area contributed by atoms with Crippen LogP contribution in [-0.2, 0) is 9.53 Å². The number of hydrogen-bond donors (Lipinski definition) is 2. The first-order chi connectivity index (χ1) is 14.5. The molecule has 0 aromatic heterocycles. The van der Waals surface area contributed by atoms with Crippen molar-refractivity contribution >= 4 is 12.1 Å². The molecule has 2 aliphatic carbocycles. The van der Waals surface area contributed by atoms with Crippen LogP contribution in [0.2, 0.25) is 0 Å². The number of benzene rings is 2. The van der Waals surface area contributed by atoms with Crippen LogP contribution in [0.4, 0.5) is 4.79 Å². The highest BCUT2D eigenvalue weighted by atomic mass is 16.5. The van der Waals surface area contributed by atoms with E-state index < -0.39 is 12.1 Å². The van der Waals surface area contributed by atoms with Crippen LogP contribution in [0.25, 0.3) is 11.1 Å². The summed E-state index contributed by atoms with van der Waals surface area (Å²) in [4.78, 5) is 23.9. The maximum Gasteiger partial charge on any atom is 0.407 e. The molecule has 1 atom stereocenters. The number of ether oxygens (including phenoxy) is 1. The van der Waals surface area contributed by atoms with E-state index in [2.05, 4.69) is 36.5 Å². The number of carboxylic acids is 1. The molecule has 0 saturated heterocycles. The molecule has 0 aliphatic heterocycles. The summed E-state index contributed by atoms with van der Waals surface area (Å²) in [6.07, 6.45) is 3.46. The van der Waals surface area contributed by atoms with E-state index in [-0.39, 0.29) is 30.9 Å². The second-order valence-corrected chi connectivity index (χ2v) is 8.69. The van der Waals surface area contributed by atoms with Crippen LogP contribution in [0.5, 0.6) is 0 Å². The number of alkyl carbamates (subject to hydrolysis) is 1. The quantitative estimate of drug-likeness (QED) is 0.691. The van der Waals surface area contributed by atoms with Gasteiger partial charge in [0, 0.05) is 12.0 Å². The molecule has 1 saturated carbocycles. The van der Waals surface area contributed by atoms with E-state index in [1.165, 1.54) is 11.1 Å². The summed E-state index contributed by atoms with van der Waals surface area (Å²) < 4.78 is 5.62. The van der Waals surface area contributed by atoms with Gasteiger partial charge < -0.3 is 15.2 Å². The summed E-state index contributed by atoms with van der Waals surface area (Å²) in [6.45, 7) is 2.46. The molecule has 0 bridgehead atoms. The van der Waals surface area contributed by atoms with E-state index in [4.69, 9.17) is 4.74 Å². The van der Waals surface area contributed by atoms with Crippen LogP contribution < -0.4 is 5.32 Å². The van der Waals surface area contributed by atoms with Crippen molar-refractivity contribution in [2.45, 2.75) is 51.0 Å². The van der Waals surface area contributed by atoms with Crippen LogP contribution in [-0.4, -0.2) is 29.8 Å². The van der Waals surface area contributed by atoms with Gasteiger partial charge in [-0.2, -0.15) is 0 Å². The zero-order valence-electron chi connectivity index (χ0n) is 17.3. The Morgan fingerprint density at radius 1 is 1.00 bits per heavy atom. The molecule has 0 unspecified atom stereocenters. The summed E-state index contributed by atoms with van der Waals surface area (Å²) in [5.41, 5.74) is 4.69. The number of carbonyl (C=O) groups is 2. The Labute approximate surface area is 177 Å². The lowest BCUT2D eigenvalue weighted by Crippen LogP contribution is -2.43.